The molecule has 0 atom stereocenters. The maximum Gasteiger partial charge on any atom is 0.197 e. The molecule has 1 aliphatic heterocycles. The normalized spacial score (nSPS) is 14.5. The molecule has 0 spiro atoms. The van der Waals surface area contributed by atoms with Gasteiger partial charge in [-0.3, -0.25) is 0 Å². The van der Waals surface area contributed by atoms with Gasteiger partial charge in [-0.2, -0.15) is 5.10 Å². The molecular formula is C25H23F2N5O. The minimum atomic E-state index is -0.321. The van der Waals surface area contributed by atoms with Crippen molar-refractivity contribution in [2.24, 2.45) is 0 Å². The summed E-state index contributed by atoms with van der Waals surface area (Å²) in [6, 6.07) is 12.2. The minimum Gasteiger partial charge on any atom is -0.449 e. The summed E-state index contributed by atoms with van der Waals surface area (Å²) in [5.41, 5.74) is 2.36. The van der Waals surface area contributed by atoms with E-state index in [1.54, 1.807) is 41.4 Å². The van der Waals surface area contributed by atoms with E-state index < -0.39 is 0 Å². The van der Waals surface area contributed by atoms with Crippen molar-refractivity contribution in [3.05, 3.63) is 90.8 Å². The average Bonchev–Trinajstić information content (AvgIpc) is 3.51. The lowest BCUT2D eigenvalue weighted by molar-refractivity contribution is 0.234. The summed E-state index contributed by atoms with van der Waals surface area (Å²) in [7, 11) is 0. The van der Waals surface area contributed by atoms with Crippen LogP contribution in [-0.2, 0) is 6.54 Å². The number of likely N-dealkylation sites (tertiary alicyclic amines) is 1. The molecule has 33 heavy (non-hydrogen) atoms. The van der Waals surface area contributed by atoms with E-state index in [2.05, 4.69) is 26.5 Å². The van der Waals surface area contributed by atoms with E-state index in [0.717, 1.165) is 43.1 Å². The Morgan fingerprint density at radius 2 is 1.61 bits per heavy atom. The Morgan fingerprint density at radius 1 is 0.970 bits per heavy atom. The number of halogens is 2. The molecule has 0 saturated carbocycles. The zero-order chi connectivity index (χ0) is 22.8. The Morgan fingerprint density at radius 3 is 2.21 bits per heavy atom. The van der Waals surface area contributed by atoms with E-state index in [1.165, 1.54) is 24.3 Å². The van der Waals surface area contributed by atoms with Crippen molar-refractivity contribution in [2.45, 2.75) is 25.3 Å². The molecule has 1 saturated heterocycles. The highest BCUT2D eigenvalue weighted by atomic mass is 19.1. The van der Waals surface area contributed by atoms with E-state index in [-0.39, 0.29) is 11.6 Å². The Bertz CT molecular complexity index is 1230. The lowest BCUT2D eigenvalue weighted by Gasteiger charge is -2.33. The van der Waals surface area contributed by atoms with Gasteiger partial charge in [0.1, 0.15) is 17.9 Å². The quantitative estimate of drug-likeness (QED) is 0.403. The van der Waals surface area contributed by atoms with Crippen LogP contribution in [-0.4, -0.2) is 37.7 Å². The summed E-state index contributed by atoms with van der Waals surface area (Å²) < 4.78 is 34.1. The Labute approximate surface area is 190 Å². The van der Waals surface area contributed by atoms with Crippen LogP contribution in [0.25, 0.3) is 22.8 Å². The number of allylic oxidation sites excluding steroid dienone is 1. The number of nitrogens with zero attached hydrogens (tertiary/aromatic N) is 5. The van der Waals surface area contributed by atoms with Crippen molar-refractivity contribution in [3.63, 3.8) is 0 Å². The smallest absolute Gasteiger partial charge is 0.197 e. The van der Waals surface area contributed by atoms with Crippen molar-refractivity contribution >= 4 is 0 Å². The zero-order valence-electron chi connectivity index (χ0n) is 18.0. The first-order valence-corrected chi connectivity index (χ1v) is 10.9. The molecule has 0 unspecified atom stereocenters. The van der Waals surface area contributed by atoms with Gasteiger partial charge in [-0.25, -0.2) is 23.4 Å². The van der Waals surface area contributed by atoms with Crippen LogP contribution in [0.5, 0.6) is 0 Å². The van der Waals surface area contributed by atoms with Gasteiger partial charge in [-0.1, -0.05) is 6.58 Å². The fourth-order valence-corrected chi connectivity index (χ4v) is 4.14. The molecule has 0 bridgehead atoms. The lowest BCUT2D eigenvalue weighted by atomic mass is 9.96. The summed E-state index contributed by atoms with van der Waals surface area (Å²) in [5, 5.41) is 4.68. The van der Waals surface area contributed by atoms with E-state index in [1.807, 2.05) is 0 Å². The number of benzene rings is 2. The topological polar surface area (TPSA) is 60.0 Å². The molecule has 0 N–H and O–H groups in total. The van der Waals surface area contributed by atoms with Crippen LogP contribution >= 0.6 is 0 Å². The predicted octanol–water partition coefficient (Wildman–Crippen LogP) is 5.27. The van der Waals surface area contributed by atoms with Crippen molar-refractivity contribution in [3.8, 4) is 22.8 Å². The average molecular weight is 447 g/mol. The van der Waals surface area contributed by atoms with Crippen molar-refractivity contribution in [1.29, 1.82) is 0 Å². The van der Waals surface area contributed by atoms with E-state index in [0.29, 0.717) is 29.7 Å². The number of hydrogen-bond donors (Lipinski definition) is 0. The summed E-state index contributed by atoms with van der Waals surface area (Å²) in [6.45, 7) is 6.42. The van der Waals surface area contributed by atoms with E-state index in [4.69, 9.17) is 4.42 Å². The van der Waals surface area contributed by atoms with Gasteiger partial charge in [0.15, 0.2) is 17.5 Å². The van der Waals surface area contributed by atoms with Gasteiger partial charge >= 0.3 is 0 Å². The van der Waals surface area contributed by atoms with E-state index >= 15 is 0 Å². The second-order valence-electron chi connectivity index (χ2n) is 8.13. The molecule has 6 nitrogen and oxygen atoms in total. The van der Waals surface area contributed by atoms with Crippen LogP contribution in [0.15, 0.2) is 77.7 Å². The van der Waals surface area contributed by atoms with Crippen LogP contribution in [0.1, 0.15) is 24.7 Å². The number of piperidine rings is 1. The number of oxazole rings is 1. The molecule has 1 fully saturated rings. The first-order chi connectivity index (χ1) is 16.1. The van der Waals surface area contributed by atoms with Gasteiger partial charge < -0.3 is 9.32 Å². The molecule has 5 rings (SSSR count). The van der Waals surface area contributed by atoms with Gasteiger partial charge in [0.2, 0.25) is 0 Å². The third-order valence-corrected chi connectivity index (χ3v) is 5.95. The van der Waals surface area contributed by atoms with Crippen molar-refractivity contribution < 1.29 is 13.2 Å². The molecule has 3 heterocycles. The van der Waals surface area contributed by atoms with Crippen molar-refractivity contribution in [2.75, 3.05) is 13.1 Å². The first-order valence-electron chi connectivity index (χ1n) is 10.9. The Hall–Kier alpha value is -3.81. The largest absolute Gasteiger partial charge is 0.449 e. The number of rotatable bonds is 6. The van der Waals surface area contributed by atoms with Crippen LogP contribution in [0.2, 0.25) is 0 Å². The monoisotopic (exact) mass is 447 g/mol. The number of aromatic nitrogens is 4. The van der Waals surface area contributed by atoms with Crippen molar-refractivity contribution in [1.82, 2.24) is 24.6 Å². The summed E-state index contributed by atoms with van der Waals surface area (Å²) in [5.74, 6) is 1.55. The molecular weight excluding hydrogens is 424 g/mol. The fraction of sp³-hybridized carbons (Fsp3) is 0.240. The highest BCUT2D eigenvalue weighted by Crippen LogP contribution is 2.29. The molecule has 0 radical (unpaired) electrons. The third kappa shape index (κ3) is 4.55. The van der Waals surface area contributed by atoms with Gasteiger partial charge in [0.25, 0.3) is 0 Å². The van der Waals surface area contributed by atoms with Crippen LogP contribution in [0.4, 0.5) is 8.78 Å². The zero-order valence-corrected chi connectivity index (χ0v) is 18.0. The third-order valence-electron chi connectivity index (χ3n) is 5.95. The second-order valence-corrected chi connectivity index (χ2v) is 8.13. The minimum absolute atomic E-state index is 0.315. The number of hydrogen-bond acceptors (Lipinski definition) is 5. The summed E-state index contributed by atoms with van der Waals surface area (Å²) in [6.07, 6.45) is 5.16. The second kappa shape index (κ2) is 8.97. The van der Waals surface area contributed by atoms with Gasteiger partial charge in [-0.05, 0) is 61.4 Å². The molecule has 1 aliphatic rings. The fourth-order valence-electron chi connectivity index (χ4n) is 4.14. The highest BCUT2D eigenvalue weighted by molar-refractivity contribution is 5.61. The Kier molecular flexibility index (Phi) is 5.73. The van der Waals surface area contributed by atoms with Gasteiger partial charge in [0.05, 0.1) is 12.7 Å². The Balaban J connectivity index is 1.37. The molecule has 8 heteroatoms. The SMILES string of the molecule is C=C(Cn1nc(-c2ccc(F)cc2)nc1-c1ccc(F)cc1)N1CCC(c2ncco2)CC1. The standard InChI is InChI=1S/C25H23F2N5O/c1-17(31-13-10-20(11-14-31)25-28-12-15-33-25)16-32-24(19-4-8-22(27)9-5-19)29-23(30-32)18-2-6-21(26)7-3-18/h2-9,12,15,20H,1,10-11,13-14,16H2. The van der Waals surface area contributed by atoms with Crippen LogP contribution in [0.3, 0.4) is 0 Å². The predicted molar refractivity (Wildman–Crippen MR) is 120 cm³/mol. The van der Waals surface area contributed by atoms with Gasteiger partial charge in [0, 0.05) is 35.8 Å². The lowest BCUT2D eigenvalue weighted by Crippen LogP contribution is -2.33. The molecule has 2 aromatic carbocycles. The molecule has 4 aromatic rings. The summed E-state index contributed by atoms with van der Waals surface area (Å²) in [4.78, 5) is 11.2. The van der Waals surface area contributed by atoms with Gasteiger partial charge in [-0.15, -0.1) is 0 Å². The highest BCUT2D eigenvalue weighted by Gasteiger charge is 2.25. The molecule has 168 valence electrons. The van der Waals surface area contributed by atoms with Crippen LogP contribution < -0.4 is 0 Å². The first kappa shape index (κ1) is 21.1. The maximum atomic E-state index is 13.5. The molecule has 2 aromatic heterocycles. The van der Waals surface area contributed by atoms with Crippen LogP contribution in [0, 0.1) is 11.6 Å². The molecule has 0 aliphatic carbocycles. The maximum absolute atomic E-state index is 13.5. The van der Waals surface area contributed by atoms with E-state index in [9.17, 15) is 8.78 Å². The summed E-state index contributed by atoms with van der Waals surface area (Å²) >= 11 is 0. The molecule has 0 amide bonds.